The molecule has 1 aromatic heterocycles. The number of nitrogen functional groups attached to an aromatic ring is 1. The van der Waals surface area contributed by atoms with E-state index >= 15 is 0 Å². The van der Waals surface area contributed by atoms with Gasteiger partial charge in [0, 0.05) is 13.0 Å². The summed E-state index contributed by atoms with van der Waals surface area (Å²) in [6.07, 6.45) is -5.08. The summed E-state index contributed by atoms with van der Waals surface area (Å²) in [5.74, 6) is 0.354. The van der Waals surface area contributed by atoms with E-state index in [0.29, 0.717) is 23.8 Å². The zero-order chi connectivity index (χ0) is 13.1. The molecule has 0 saturated heterocycles. The molecule has 0 bridgehead atoms. The Morgan fingerprint density at radius 3 is 2.59 bits per heavy atom. The highest BCUT2D eigenvalue weighted by Gasteiger charge is 2.26. The van der Waals surface area contributed by atoms with Crippen molar-refractivity contribution in [3.8, 4) is 5.88 Å². The molecule has 0 amide bonds. The van der Waals surface area contributed by atoms with Crippen LogP contribution in [0.5, 0.6) is 5.88 Å². The number of anilines is 1. The van der Waals surface area contributed by atoms with Crippen molar-refractivity contribution in [2.45, 2.75) is 39.4 Å². The molecule has 0 spiro atoms. The maximum atomic E-state index is 11.9. The van der Waals surface area contributed by atoms with Crippen LogP contribution in [0.15, 0.2) is 0 Å². The first-order valence-electron chi connectivity index (χ1n) is 5.37. The molecule has 0 aromatic carbocycles. The molecule has 4 nitrogen and oxygen atoms in total. The van der Waals surface area contributed by atoms with Gasteiger partial charge in [-0.25, -0.2) is 4.68 Å². The smallest absolute Gasteiger partial charge is 0.389 e. The highest BCUT2D eigenvalue weighted by Crippen LogP contribution is 2.26. The zero-order valence-corrected chi connectivity index (χ0v) is 9.84. The van der Waals surface area contributed by atoms with Gasteiger partial charge < -0.3 is 10.5 Å². The minimum absolute atomic E-state index is 0.0190. The first kappa shape index (κ1) is 13.7. The van der Waals surface area contributed by atoms with E-state index in [1.54, 1.807) is 6.92 Å². The van der Waals surface area contributed by atoms with Gasteiger partial charge in [-0.1, -0.05) is 0 Å². The van der Waals surface area contributed by atoms with Gasteiger partial charge in [-0.05, 0) is 20.3 Å². The molecule has 0 atom stereocenters. The third-order valence-corrected chi connectivity index (χ3v) is 2.27. The molecule has 0 aliphatic rings. The normalized spacial score (nSPS) is 11.8. The first-order valence-corrected chi connectivity index (χ1v) is 5.37. The number of alkyl halides is 3. The molecule has 98 valence electrons. The van der Waals surface area contributed by atoms with E-state index in [2.05, 4.69) is 5.10 Å². The van der Waals surface area contributed by atoms with Crippen LogP contribution in [0, 0.1) is 6.92 Å². The summed E-state index contributed by atoms with van der Waals surface area (Å²) in [5.41, 5.74) is 6.73. The lowest BCUT2D eigenvalue weighted by molar-refractivity contribution is -0.136. The molecule has 0 aliphatic heterocycles. The van der Waals surface area contributed by atoms with E-state index in [4.69, 9.17) is 10.5 Å². The lowest BCUT2D eigenvalue weighted by Crippen LogP contribution is -2.11. The number of hydrogen-bond acceptors (Lipinski definition) is 3. The van der Waals surface area contributed by atoms with E-state index in [1.165, 1.54) is 4.68 Å². The maximum absolute atomic E-state index is 11.9. The second-order valence-electron chi connectivity index (χ2n) is 3.69. The fourth-order valence-corrected chi connectivity index (χ4v) is 1.38. The standard InChI is InChI=1S/C10H16F3N3O/c1-3-16-9(8(14)7(2)15-16)17-6-4-5-10(11,12)13/h3-6,14H2,1-2H3. The van der Waals surface area contributed by atoms with Crippen LogP contribution in [0.4, 0.5) is 18.9 Å². The maximum Gasteiger partial charge on any atom is 0.389 e. The number of halogens is 3. The summed E-state index contributed by atoms with van der Waals surface area (Å²) >= 11 is 0. The fraction of sp³-hybridized carbons (Fsp3) is 0.700. The van der Waals surface area contributed by atoms with E-state index in [9.17, 15) is 13.2 Å². The van der Waals surface area contributed by atoms with E-state index < -0.39 is 12.6 Å². The van der Waals surface area contributed by atoms with Crippen LogP contribution in [0.1, 0.15) is 25.5 Å². The molecule has 1 heterocycles. The van der Waals surface area contributed by atoms with E-state index in [0.717, 1.165) is 0 Å². The first-order chi connectivity index (χ1) is 7.85. The van der Waals surface area contributed by atoms with Gasteiger partial charge >= 0.3 is 6.18 Å². The van der Waals surface area contributed by atoms with Gasteiger partial charge in [-0.3, -0.25) is 0 Å². The molecule has 17 heavy (non-hydrogen) atoms. The second kappa shape index (κ2) is 5.29. The molecular weight excluding hydrogens is 235 g/mol. The van der Waals surface area contributed by atoms with Gasteiger partial charge in [-0.2, -0.15) is 18.3 Å². The third kappa shape index (κ3) is 3.83. The van der Waals surface area contributed by atoms with E-state index in [-0.39, 0.29) is 13.0 Å². The summed E-state index contributed by atoms with van der Waals surface area (Å²) in [5, 5.41) is 4.10. The SMILES string of the molecule is CCn1nc(C)c(N)c1OCCCC(F)(F)F. The highest BCUT2D eigenvalue weighted by atomic mass is 19.4. The molecule has 1 aromatic rings. The van der Waals surface area contributed by atoms with Gasteiger partial charge in [0.1, 0.15) is 5.69 Å². The van der Waals surface area contributed by atoms with Gasteiger partial charge in [-0.15, -0.1) is 0 Å². The predicted molar refractivity (Wildman–Crippen MR) is 57.8 cm³/mol. The van der Waals surface area contributed by atoms with Crippen LogP contribution in [-0.4, -0.2) is 22.6 Å². The van der Waals surface area contributed by atoms with Crippen molar-refractivity contribution in [3.05, 3.63) is 5.69 Å². The monoisotopic (exact) mass is 251 g/mol. The molecule has 0 radical (unpaired) electrons. The Bertz CT molecular complexity index is 374. The predicted octanol–water partition coefficient (Wildman–Crippen LogP) is 2.51. The van der Waals surface area contributed by atoms with Gasteiger partial charge in [0.2, 0.25) is 5.88 Å². The summed E-state index contributed by atoms with van der Waals surface area (Å²) < 4.78 is 42.5. The Labute approximate surface area is 97.5 Å². The van der Waals surface area contributed by atoms with Crippen molar-refractivity contribution in [3.63, 3.8) is 0 Å². The molecule has 2 N–H and O–H groups in total. The van der Waals surface area contributed by atoms with Crippen molar-refractivity contribution in [2.24, 2.45) is 0 Å². The minimum Gasteiger partial charge on any atom is -0.476 e. The minimum atomic E-state index is -4.14. The number of rotatable bonds is 5. The van der Waals surface area contributed by atoms with Crippen molar-refractivity contribution < 1.29 is 17.9 Å². The van der Waals surface area contributed by atoms with Crippen LogP contribution in [0.2, 0.25) is 0 Å². The van der Waals surface area contributed by atoms with Crippen molar-refractivity contribution in [1.82, 2.24) is 9.78 Å². The third-order valence-electron chi connectivity index (χ3n) is 2.27. The van der Waals surface area contributed by atoms with E-state index in [1.807, 2.05) is 6.92 Å². The molecule has 0 aliphatic carbocycles. The molecule has 0 fully saturated rings. The van der Waals surface area contributed by atoms with Crippen molar-refractivity contribution in [1.29, 1.82) is 0 Å². The number of aryl methyl sites for hydroxylation is 2. The topological polar surface area (TPSA) is 53.1 Å². The number of nitrogens with two attached hydrogens (primary N) is 1. The number of hydrogen-bond donors (Lipinski definition) is 1. The largest absolute Gasteiger partial charge is 0.476 e. The fourth-order valence-electron chi connectivity index (χ4n) is 1.38. The Morgan fingerprint density at radius 2 is 2.06 bits per heavy atom. The van der Waals surface area contributed by atoms with Crippen LogP contribution in [0.3, 0.4) is 0 Å². The average Bonchev–Trinajstić information content (AvgIpc) is 2.49. The van der Waals surface area contributed by atoms with Crippen molar-refractivity contribution >= 4 is 5.69 Å². The second-order valence-corrected chi connectivity index (χ2v) is 3.69. The summed E-state index contributed by atoms with van der Waals surface area (Å²) in [6.45, 7) is 4.13. The van der Waals surface area contributed by atoms with Crippen molar-refractivity contribution in [2.75, 3.05) is 12.3 Å². The molecule has 1 rings (SSSR count). The lowest BCUT2D eigenvalue weighted by atomic mass is 10.3. The van der Waals surface area contributed by atoms with Crippen LogP contribution in [0.25, 0.3) is 0 Å². The summed E-state index contributed by atoms with van der Waals surface area (Å²) in [7, 11) is 0. The number of aromatic nitrogens is 2. The quantitative estimate of drug-likeness (QED) is 0.818. The van der Waals surface area contributed by atoms with Gasteiger partial charge in [0.25, 0.3) is 0 Å². The van der Waals surface area contributed by atoms with Crippen LogP contribution < -0.4 is 10.5 Å². The molecule has 0 unspecified atom stereocenters. The summed E-state index contributed by atoms with van der Waals surface area (Å²) in [4.78, 5) is 0. The molecule has 0 saturated carbocycles. The Hall–Kier alpha value is -1.40. The Morgan fingerprint density at radius 1 is 1.41 bits per heavy atom. The lowest BCUT2D eigenvalue weighted by Gasteiger charge is -2.09. The number of nitrogens with zero attached hydrogens (tertiary/aromatic N) is 2. The Balaban J connectivity index is 2.52. The highest BCUT2D eigenvalue weighted by molar-refractivity contribution is 5.52. The number of ether oxygens (including phenoxy) is 1. The molecule has 7 heteroatoms. The van der Waals surface area contributed by atoms with Crippen LogP contribution in [-0.2, 0) is 6.54 Å². The summed E-state index contributed by atoms with van der Waals surface area (Å²) in [6, 6.07) is 0. The average molecular weight is 251 g/mol. The van der Waals surface area contributed by atoms with Crippen LogP contribution >= 0.6 is 0 Å². The zero-order valence-electron chi connectivity index (χ0n) is 9.84. The van der Waals surface area contributed by atoms with Gasteiger partial charge in [0.15, 0.2) is 0 Å². The Kier molecular flexibility index (Phi) is 4.25. The molecular formula is C10H16F3N3O. The van der Waals surface area contributed by atoms with Gasteiger partial charge in [0.05, 0.1) is 12.3 Å².